The van der Waals surface area contributed by atoms with Gasteiger partial charge in [-0.2, -0.15) is 0 Å². The zero-order valence-electron chi connectivity index (χ0n) is 15.2. The Hall–Kier alpha value is -2.73. The third-order valence-electron chi connectivity index (χ3n) is 4.04. The number of aromatic nitrogens is 1. The fourth-order valence-electron chi connectivity index (χ4n) is 2.49. The van der Waals surface area contributed by atoms with Gasteiger partial charge in [-0.25, -0.2) is 9.37 Å². The maximum Gasteiger partial charge on any atom is 0.260 e. The highest BCUT2D eigenvalue weighted by atomic mass is 32.1. The number of nitrogens with one attached hydrogen (secondary N) is 1. The average Bonchev–Trinajstić information content (AvgIpc) is 3.13. The van der Waals surface area contributed by atoms with Crippen LogP contribution in [0.4, 0.5) is 4.39 Å². The van der Waals surface area contributed by atoms with Gasteiger partial charge >= 0.3 is 0 Å². The predicted octanol–water partition coefficient (Wildman–Crippen LogP) is 4.38. The molecule has 4 nitrogen and oxygen atoms in total. The second-order valence-electron chi connectivity index (χ2n) is 6.24. The van der Waals surface area contributed by atoms with Gasteiger partial charge in [-0.05, 0) is 26.0 Å². The van der Waals surface area contributed by atoms with E-state index in [-0.39, 0.29) is 11.7 Å². The Balaban J connectivity index is 1.49. The van der Waals surface area contributed by atoms with Crippen LogP contribution in [0.3, 0.4) is 0 Å². The Morgan fingerprint density at radius 1 is 1.22 bits per heavy atom. The summed E-state index contributed by atoms with van der Waals surface area (Å²) in [6.07, 6.45) is -0.152. The number of aryl methyl sites for hydroxylation is 1. The third kappa shape index (κ3) is 5.14. The summed E-state index contributed by atoms with van der Waals surface area (Å²) < 4.78 is 19.0. The number of ether oxygens (including phenoxy) is 1. The molecule has 27 heavy (non-hydrogen) atoms. The van der Waals surface area contributed by atoms with E-state index in [1.807, 2.05) is 5.38 Å². The summed E-state index contributed by atoms with van der Waals surface area (Å²) >= 11 is 1.59. The van der Waals surface area contributed by atoms with E-state index in [9.17, 15) is 9.18 Å². The summed E-state index contributed by atoms with van der Waals surface area (Å²) in [7, 11) is 0. The van der Waals surface area contributed by atoms with Crippen LogP contribution < -0.4 is 10.1 Å². The van der Waals surface area contributed by atoms with Gasteiger partial charge in [0, 0.05) is 23.9 Å². The Kier molecular flexibility index (Phi) is 6.19. The van der Waals surface area contributed by atoms with Crippen LogP contribution in [-0.4, -0.2) is 23.5 Å². The number of rotatable bonds is 7. The molecular weight excluding hydrogens is 363 g/mol. The third-order valence-corrected chi connectivity index (χ3v) is 4.98. The lowest BCUT2D eigenvalue weighted by atomic mass is 10.2. The van der Waals surface area contributed by atoms with E-state index >= 15 is 0 Å². The first-order valence-corrected chi connectivity index (χ1v) is 9.61. The molecule has 0 saturated heterocycles. The second-order valence-corrected chi connectivity index (χ2v) is 7.10. The van der Waals surface area contributed by atoms with Gasteiger partial charge in [0.2, 0.25) is 0 Å². The van der Waals surface area contributed by atoms with Crippen LogP contribution in [0.2, 0.25) is 0 Å². The molecule has 1 amide bonds. The number of nitrogens with zero attached hydrogens (tertiary/aromatic N) is 1. The van der Waals surface area contributed by atoms with E-state index in [0.29, 0.717) is 13.0 Å². The highest BCUT2D eigenvalue weighted by Crippen LogP contribution is 2.24. The lowest BCUT2D eigenvalue weighted by Crippen LogP contribution is -2.37. The van der Waals surface area contributed by atoms with Gasteiger partial charge in [0.1, 0.15) is 5.01 Å². The number of thiazole rings is 1. The maximum atomic E-state index is 13.6. The van der Waals surface area contributed by atoms with Crippen LogP contribution in [0.25, 0.3) is 10.6 Å². The van der Waals surface area contributed by atoms with Crippen LogP contribution in [-0.2, 0) is 11.2 Å². The van der Waals surface area contributed by atoms with Gasteiger partial charge in [0.25, 0.3) is 5.91 Å². The summed E-state index contributed by atoms with van der Waals surface area (Å²) in [5.41, 5.74) is 3.23. The molecule has 140 valence electrons. The molecule has 1 atom stereocenters. The Morgan fingerprint density at radius 3 is 2.70 bits per heavy atom. The summed E-state index contributed by atoms with van der Waals surface area (Å²) in [5, 5.41) is 5.77. The van der Waals surface area contributed by atoms with Crippen molar-refractivity contribution in [1.82, 2.24) is 10.3 Å². The van der Waals surface area contributed by atoms with E-state index in [1.54, 1.807) is 30.4 Å². The average molecular weight is 384 g/mol. The predicted molar refractivity (Wildman–Crippen MR) is 105 cm³/mol. The van der Waals surface area contributed by atoms with Crippen LogP contribution in [0, 0.1) is 12.7 Å². The first-order chi connectivity index (χ1) is 13.0. The number of hydrogen-bond donors (Lipinski definition) is 1. The molecule has 0 radical (unpaired) electrons. The van der Waals surface area contributed by atoms with Crippen LogP contribution in [0.15, 0.2) is 53.9 Å². The largest absolute Gasteiger partial charge is 0.478 e. The van der Waals surface area contributed by atoms with Gasteiger partial charge in [-0.15, -0.1) is 11.3 Å². The molecule has 2 aromatic carbocycles. The Morgan fingerprint density at radius 2 is 1.96 bits per heavy atom. The number of carbonyl (C=O) groups excluding carboxylic acids is 1. The number of benzene rings is 2. The number of hydrogen-bond acceptors (Lipinski definition) is 4. The minimum absolute atomic E-state index is 0.0717. The summed E-state index contributed by atoms with van der Waals surface area (Å²) in [4.78, 5) is 16.7. The highest BCUT2D eigenvalue weighted by molar-refractivity contribution is 7.13. The SMILES string of the molecule is Cc1ccc(-c2nc(CCNC(=O)C(C)Oc3ccccc3F)cs2)cc1. The standard InChI is InChI=1S/C21H21FN2O2S/c1-14-7-9-16(10-8-14)21-24-17(13-27-21)11-12-23-20(25)15(2)26-19-6-4-3-5-18(19)22/h3-10,13,15H,11-12H2,1-2H3,(H,23,25). The Bertz CT molecular complexity index is 909. The molecule has 1 heterocycles. The second kappa shape index (κ2) is 8.77. The van der Waals surface area contributed by atoms with Gasteiger partial charge in [0.15, 0.2) is 17.7 Å². The van der Waals surface area contributed by atoms with Crippen LogP contribution >= 0.6 is 11.3 Å². The smallest absolute Gasteiger partial charge is 0.260 e. The quantitative estimate of drug-likeness (QED) is 0.658. The van der Waals surface area contributed by atoms with Gasteiger partial charge in [-0.1, -0.05) is 42.0 Å². The maximum absolute atomic E-state index is 13.6. The Labute approximate surface area is 162 Å². The van der Waals surface area contributed by atoms with Crippen LogP contribution in [0.5, 0.6) is 5.75 Å². The van der Waals surface area contributed by atoms with E-state index in [4.69, 9.17) is 4.74 Å². The van der Waals surface area contributed by atoms with Crippen molar-refractivity contribution >= 4 is 17.2 Å². The number of para-hydroxylation sites is 1. The zero-order valence-corrected chi connectivity index (χ0v) is 16.1. The van der Waals surface area contributed by atoms with Crippen molar-refractivity contribution in [3.05, 3.63) is 71.0 Å². The molecule has 3 aromatic rings. The normalized spacial score (nSPS) is 11.8. The van der Waals surface area contributed by atoms with E-state index < -0.39 is 11.9 Å². The van der Waals surface area contributed by atoms with Gasteiger partial charge < -0.3 is 10.1 Å². The van der Waals surface area contributed by atoms with E-state index in [0.717, 1.165) is 16.3 Å². The van der Waals surface area contributed by atoms with Crippen molar-refractivity contribution in [2.45, 2.75) is 26.4 Å². The van der Waals surface area contributed by atoms with Crippen molar-refractivity contribution in [3.8, 4) is 16.3 Å². The molecule has 1 N–H and O–H groups in total. The lowest BCUT2D eigenvalue weighted by Gasteiger charge is -2.14. The molecule has 3 rings (SSSR count). The minimum atomic E-state index is -0.777. The van der Waals surface area contributed by atoms with Crippen molar-refractivity contribution in [3.63, 3.8) is 0 Å². The highest BCUT2D eigenvalue weighted by Gasteiger charge is 2.16. The molecule has 0 aliphatic heterocycles. The molecule has 1 aromatic heterocycles. The summed E-state index contributed by atoms with van der Waals surface area (Å²) in [5.74, 6) is -0.696. The van der Waals surface area contributed by atoms with Crippen molar-refractivity contribution in [2.24, 2.45) is 0 Å². The molecule has 0 fully saturated rings. The van der Waals surface area contributed by atoms with Crippen molar-refractivity contribution < 1.29 is 13.9 Å². The molecular formula is C21H21FN2O2S. The zero-order chi connectivity index (χ0) is 19.2. The summed E-state index contributed by atoms with van der Waals surface area (Å²) in [6.45, 7) is 4.09. The van der Waals surface area contributed by atoms with Crippen LogP contribution in [0.1, 0.15) is 18.2 Å². The monoisotopic (exact) mass is 384 g/mol. The molecule has 0 bridgehead atoms. The first kappa shape index (κ1) is 19.0. The van der Waals surface area contributed by atoms with Gasteiger partial charge in [0.05, 0.1) is 5.69 Å². The molecule has 0 aliphatic carbocycles. The minimum Gasteiger partial charge on any atom is -0.478 e. The fourth-order valence-corrected chi connectivity index (χ4v) is 3.35. The molecule has 0 aliphatic rings. The lowest BCUT2D eigenvalue weighted by molar-refractivity contribution is -0.127. The van der Waals surface area contributed by atoms with Crippen molar-refractivity contribution in [1.29, 1.82) is 0 Å². The fraction of sp³-hybridized carbons (Fsp3) is 0.238. The molecule has 6 heteroatoms. The number of amides is 1. The molecule has 1 unspecified atom stereocenters. The number of carbonyl (C=O) groups is 1. The van der Waals surface area contributed by atoms with Crippen molar-refractivity contribution in [2.75, 3.05) is 6.54 Å². The summed E-state index contributed by atoms with van der Waals surface area (Å²) in [6, 6.07) is 14.3. The van der Waals surface area contributed by atoms with E-state index in [2.05, 4.69) is 41.5 Å². The first-order valence-electron chi connectivity index (χ1n) is 8.73. The molecule has 0 saturated carbocycles. The topological polar surface area (TPSA) is 51.2 Å². The van der Waals surface area contributed by atoms with E-state index in [1.165, 1.54) is 17.7 Å². The number of halogens is 1. The van der Waals surface area contributed by atoms with Gasteiger partial charge in [-0.3, -0.25) is 4.79 Å². The molecule has 0 spiro atoms.